The van der Waals surface area contributed by atoms with Crippen molar-refractivity contribution in [2.75, 3.05) is 41.0 Å². The fourth-order valence-corrected chi connectivity index (χ4v) is 3.00. The number of methoxy groups -OCH3 is 3. The summed E-state index contributed by atoms with van der Waals surface area (Å²) in [4.78, 5) is 26.5. The van der Waals surface area contributed by atoms with Gasteiger partial charge in [0.25, 0.3) is 5.91 Å². The highest BCUT2D eigenvalue weighted by Gasteiger charge is 2.30. The zero-order valence-electron chi connectivity index (χ0n) is 15.2. The summed E-state index contributed by atoms with van der Waals surface area (Å²) in [5.74, 6) is 0.579. The molecule has 2 rings (SSSR count). The van der Waals surface area contributed by atoms with Crippen LogP contribution in [0.2, 0.25) is 0 Å². The Morgan fingerprint density at radius 3 is 2.28 bits per heavy atom. The quantitative estimate of drug-likeness (QED) is 0.731. The van der Waals surface area contributed by atoms with Gasteiger partial charge in [0.2, 0.25) is 5.75 Å². The van der Waals surface area contributed by atoms with Gasteiger partial charge in [0.05, 0.1) is 33.9 Å². The first-order valence-electron chi connectivity index (χ1n) is 8.31. The highest BCUT2D eigenvalue weighted by atomic mass is 16.5. The number of hydrogen-bond donors (Lipinski definition) is 0. The van der Waals surface area contributed by atoms with Crippen LogP contribution >= 0.6 is 0 Å². The molecule has 0 bridgehead atoms. The molecule has 1 atom stereocenters. The van der Waals surface area contributed by atoms with Gasteiger partial charge >= 0.3 is 5.97 Å². The van der Waals surface area contributed by atoms with Crippen molar-refractivity contribution in [2.45, 2.75) is 19.8 Å². The summed E-state index contributed by atoms with van der Waals surface area (Å²) in [6.45, 7) is 3.08. The molecule has 1 fully saturated rings. The Morgan fingerprint density at radius 2 is 1.76 bits per heavy atom. The number of amides is 1. The zero-order chi connectivity index (χ0) is 18.4. The van der Waals surface area contributed by atoms with Crippen LogP contribution in [0.15, 0.2) is 12.1 Å². The van der Waals surface area contributed by atoms with E-state index in [1.54, 1.807) is 24.0 Å². The topological polar surface area (TPSA) is 74.3 Å². The van der Waals surface area contributed by atoms with Gasteiger partial charge in [0.15, 0.2) is 11.5 Å². The molecule has 0 unspecified atom stereocenters. The molecule has 1 saturated heterocycles. The molecule has 1 amide bonds. The van der Waals surface area contributed by atoms with E-state index in [2.05, 4.69) is 0 Å². The molecule has 1 aromatic carbocycles. The van der Waals surface area contributed by atoms with Crippen LogP contribution in [0.3, 0.4) is 0 Å². The van der Waals surface area contributed by atoms with Gasteiger partial charge in [-0.2, -0.15) is 0 Å². The Bertz CT molecular complexity index is 605. The molecular formula is C18H25NO6. The highest BCUT2D eigenvalue weighted by Crippen LogP contribution is 2.38. The van der Waals surface area contributed by atoms with Crippen LogP contribution in [-0.2, 0) is 9.53 Å². The predicted molar refractivity (Wildman–Crippen MR) is 91.4 cm³/mol. The van der Waals surface area contributed by atoms with Crippen LogP contribution in [0, 0.1) is 5.92 Å². The number of ether oxygens (including phenoxy) is 4. The van der Waals surface area contributed by atoms with Crippen molar-refractivity contribution in [1.29, 1.82) is 0 Å². The summed E-state index contributed by atoms with van der Waals surface area (Å²) < 4.78 is 21.0. The lowest BCUT2D eigenvalue weighted by Gasteiger charge is -2.31. The molecular weight excluding hydrogens is 326 g/mol. The number of hydrogen-bond acceptors (Lipinski definition) is 6. The van der Waals surface area contributed by atoms with Crippen LogP contribution in [0.25, 0.3) is 0 Å². The fraction of sp³-hybridized carbons (Fsp3) is 0.556. The summed E-state index contributed by atoms with van der Waals surface area (Å²) in [6, 6.07) is 3.25. The first-order valence-corrected chi connectivity index (χ1v) is 8.31. The number of carbonyl (C=O) groups is 2. The van der Waals surface area contributed by atoms with E-state index in [1.165, 1.54) is 21.3 Å². The molecule has 25 heavy (non-hydrogen) atoms. The molecule has 7 nitrogen and oxygen atoms in total. The molecule has 7 heteroatoms. The van der Waals surface area contributed by atoms with Gasteiger partial charge in [-0.3, -0.25) is 9.59 Å². The van der Waals surface area contributed by atoms with Crippen molar-refractivity contribution < 1.29 is 28.5 Å². The van der Waals surface area contributed by atoms with Crippen molar-refractivity contribution in [3.63, 3.8) is 0 Å². The van der Waals surface area contributed by atoms with Gasteiger partial charge in [0.1, 0.15) is 0 Å². The van der Waals surface area contributed by atoms with Crippen molar-refractivity contribution in [2.24, 2.45) is 5.92 Å². The average molecular weight is 351 g/mol. The highest BCUT2D eigenvalue weighted by molar-refractivity contribution is 5.96. The van der Waals surface area contributed by atoms with Gasteiger partial charge in [-0.05, 0) is 31.9 Å². The minimum Gasteiger partial charge on any atom is -0.493 e. The molecule has 1 aromatic rings. The van der Waals surface area contributed by atoms with Crippen molar-refractivity contribution >= 4 is 11.9 Å². The maximum absolute atomic E-state index is 12.9. The van der Waals surface area contributed by atoms with E-state index >= 15 is 0 Å². The van der Waals surface area contributed by atoms with Gasteiger partial charge in [-0.15, -0.1) is 0 Å². The number of carbonyl (C=O) groups excluding carboxylic acids is 2. The number of benzene rings is 1. The van der Waals surface area contributed by atoms with E-state index in [1.807, 2.05) is 0 Å². The second-order valence-electron chi connectivity index (χ2n) is 5.76. The van der Waals surface area contributed by atoms with Crippen LogP contribution in [0.1, 0.15) is 30.1 Å². The lowest BCUT2D eigenvalue weighted by molar-refractivity contribution is -0.149. The van der Waals surface area contributed by atoms with E-state index < -0.39 is 0 Å². The Balaban J connectivity index is 2.23. The van der Waals surface area contributed by atoms with Gasteiger partial charge in [-0.1, -0.05) is 0 Å². The summed E-state index contributed by atoms with van der Waals surface area (Å²) in [6.07, 6.45) is 1.50. The van der Waals surface area contributed by atoms with Crippen molar-refractivity contribution in [1.82, 2.24) is 4.90 Å². The molecule has 0 N–H and O–H groups in total. The Kier molecular flexibility index (Phi) is 6.50. The predicted octanol–water partition coefficient (Wildman–Crippen LogP) is 2.13. The second kappa shape index (κ2) is 8.60. The lowest BCUT2D eigenvalue weighted by atomic mass is 9.97. The third kappa shape index (κ3) is 4.15. The summed E-state index contributed by atoms with van der Waals surface area (Å²) >= 11 is 0. The van der Waals surface area contributed by atoms with Gasteiger partial charge in [0, 0.05) is 18.7 Å². The van der Waals surface area contributed by atoms with Crippen LogP contribution in [0.5, 0.6) is 17.2 Å². The molecule has 0 spiro atoms. The van der Waals surface area contributed by atoms with E-state index in [-0.39, 0.29) is 17.8 Å². The van der Waals surface area contributed by atoms with E-state index in [0.29, 0.717) is 42.5 Å². The van der Waals surface area contributed by atoms with E-state index in [4.69, 9.17) is 18.9 Å². The van der Waals surface area contributed by atoms with Crippen LogP contribution in [-0.4, -0.2) is 57.8 Å². The monoisotopic (exact) mass is 351 g/mol. The zero-order valence-corrected chi connectivity index (χ0v) is 15.2. The Hall–Kier alpha value is -2.44. The molecule has 0 aromatic heterocycles. The summed E-state index contributed by atoms with van der Waals surface area (Å²) in [5, 5.41) is 0. The van der Waals surface area contributed by atoms with Crippen molar-refractivity contribution in [3.8, 4) is 17.2 Å². The number of esters is 1. The first-order chi connectivity index (χ1) is 12.0. The molecule has 138 valence electrons. The Labute approximate surface area is 147 Å². The van der Waals surface area contributed by atoms with Crippen molar-refractivity contribution in [3.05, 3.63) is 17.7 Å². The summed E-state index contributed by atoms with van der Waals surface area (Å²) in [7, 11) is 4.52. The molecule has 1 aliphatic rings. The van der Waals surface area contributed by atoms with E-state index in [0.717, 1.165) is 12.8 Å². The number of nitrogens with zero attached hydrogens (tertiary/aromatic N) is 1. The maximum Gasteiger partial charge on any atom is 0.310 e. The average Bonchev–Trinajstić information content (AvgIpc) is 2.66. The summed E-state index contributed by atoms with van der Waals surface area (Å²) in [5.41, 5.74) is 0.430. The normalized spacial score (nSPS) is 17.0. The fourth-order valence-electron chi connectivity index (χ4n) is 3.00. The maximum atomic E-state index is 12.9. The number of likely N-dealkylation sites (tertiary alicyclic amines) is 1. The van der Waals surface area contributed by atoms with E-state index in [9.17, 15) is 9.59 Å². The van der Waals surface area contributed by atoms with Crippen LogP contribution < -0.4 is 14.2 Å². The molecule has 1 aliphatic heterocycles. The molecule has 1 heterocycles. The Morgan fingerprint density at radius 1 is 1.12 bits per heavy atom. The number of piperidine rings is 1. The largest absolute Gasteiger partial charge is 0.493 e. The lowest BCUT2D eigenvalue weighted by Crippen LogP contribution is -2.42. The number of rotatable bonds is 6. The second-order valence-corrected chi connectivity index (χ2v) is 5.76. The van der Waals surface area contributed by atoms with Gasteiger partial charge < -0.3 is 23.8 Å². The third-order valence-electron chi connectivity index (χ3n) is 4.24. The smallest absolute Gasteiger partial charge is 0.310 e. The molecule has 0 aliphatic carbocycles. The van der Waals surface area contributed by atoms with Gasteiger partial charge in [-0.25, -0.2) is 0 Å². The minimum absolute atomic E-state index is 0.173. The standard InChI is InChI=1S/C18H25NO6/c1-5-25-18(21)12-7-6-8-19(11-12)17(20)13-9-14(22-2)16(24-4)15(10-13)23-3/h9-10,12H,5-8,11H2,1-4H3/t12-/m0/s1. The molecule has 0 saturated carbocycles. The first kappa shape index (κ1) is 18.9. The minimum atomic E-state index is -0.278. The SMILES string of the molecule is CCOC(=O)[C@H]1CCCN(C(=O)c2cc(OC)c(OC)c(OC)c2)C1. The van der Waals surface area contributed by atoms with Crippen LogP contribution in [0.4, 0.5) is 0 Å². The third-order valence-corrected chi connectivity index (χ3v) is 4.24. The molecule has 0 radical (unpaired) electrons.